The summed E-state index contributed by atoms with van der Waals surface area (Å²) in [6, 6.07) is 8.37. The molecule has 6 heteroatoms. The van der Waals surface area contributed by atoms with Gasteiger partial charge in [-0.1, -0.05) is 42.6 Å². The van der Waals surface area contributed by atoms with Crippen molar-refractivity contribution < 1.29 is 4.79 Å². The summed E-state index contributed by atoms with van der Waals surface area (Å²) in [6.07, 6.45) is 1.43. The molecule has 86 valence electrons. The maximum Gasteiger partial charge on any atom is 0.252 e. The lowest BCUT2D eigenvalue weighted by Crippen LogP contribution is -2.51. The fraction of sp³-hybridized carbons (Fsp3) is 0.0909. The second kappa shape index (κ2) is 5.11. The monoisotopic (exact) mass is 263 g/mol. The molecule has 0 aliphatic carbocycles. The molecular weight excluding hydrogens is 254 g/mol. The summed E-state index contributed by atoms with van der Waals surface area (Å²) in [6.45, 7) is 0. The lowest BCUT2D eigenvalue weighted by Gasteiger charge is -2.21. The summed E-state index contributed by atoms with van der Waals surface area (Å²) < 4.78 is 0. The lowest BCUT2D eigenvalue weighted by atomic mass is 10.2. The SMILES string of the molecule is O=C(NC1C(=S)N=CNC1=S)c1ccccc1. The summed E-state index contributed by atoms with van der Waals surface area (Å²) in [5.74, 6) is -0.223. The van der Waals surface area contributed by atoms with Gasteiger partial charge in [-0.15, -0.1) is 0 Å². The number of carbonyl (C=O) groups excluding carboxylic acids is 1. The van der Waals surface area contributed by atoms with E-state index in [2.05, 4.69) is 15.6 Å². The molecule has 0 saturated carbocycles. The minimum absolute atomic E-state index is 0.223. The highest BCUT2D eigenvalue weighted by Crippen LogP contribution is 2.02. The van der Waals surface area contributed by atoms with Crippen LogP contribution in [0.4, 0.5) is 0 Å². The first-order valence-corrected chi connectivity index (χ1v) is 5.73. The van der Waals surface area contributed by atoms with Crippen LogP contribution in [0, 0.1) is 0 Å². The smallest absolute Gasteiger partial charge is 0.252 e. The average molecular weight is 263 g/mol. The summed E-state index contributed by atoms with van der Waals surface area (Å²) in [5.41, 5.74) is 0.563. The Labute approximate surface area is 109 Å². The molecule has 2 rings (SSSR count). The van der Waals surface area contributed by atoms with Crippen LogP contribution in [0.3, 0.4) is 0 Å². The van der Waals surface area contributed by atoms with Crippen molar-refractivity contribution in [1.29, 1.82) is 0 Å². The van der Waals surface area contributed by atoms with Gasteiger partial charge in [-0.3, -0.25) is 4.79 Å². The summed E-state index contributed by atoms with van der Waals surface area (Å²) in [4.78, 5) is 16.6. The van der Waals surface area contributed by atoms with Crippen molar-refractivity contribution in [2.45, 2.75) is 6.04 Å². The molecule has 1 aromatic rings. The fourth-order valence-electron chi connectivity index (χ4n) is 1.36. The Hall–Kier alpha value is -1.66. The minimum Gasteiger partial charge on any atom is -0.339 e. The van der Waals surface area contributed by atoms with E-state index in [-0.39, 0.29) is 5.91 Å². The standard InChI is InChI=1S/C11H9N3OS2/c15-9(7-4-2-1-3-5-7)14-8-10(16)12-6-13-11(8)17/h1-6,8H,(H,14,15)(H,12,13,16,17). The van der Waals surface area contributed by atoms with E-state index in [4.69, 9.17) is 24.4 Å². The molecule has 1 aliphatic rings. The normalized spacial score (nSPS) is 18.7. The zero-order valence-electron chi connectivity index (χ0n) is 8.71. The maximum atomic E-state index is 11.9. The molecule has 4 nitrogen and oxygen atoms in total. The molecule has 0 fully saturated rings. The Morgan fingerprint density at radius 1 is 1.29 bits per heavy atom. The number of nitrogens with zero attached hydrogens (tertiary/aromatic N) is 1. The summed E-state index contributed by atoms with van der Waals surface area (Å²) in [5, 5.41) is 5.49. The van der Waals surface area contributed by atoms with E-state index in [1.54, 1.807) is 24.3 Å². The molecule has 0 spiro atoms. The third-order valence-corrected chi connectivity index (χ3v) is 2.91. The second-order valence-electron chi connectivity index (χ2n) is 3.38. The molecule has 1 aromatic carbocycles. The van der Waals surface area contributed by atoms with Crippen LogP contribution in [0.15, 0.2) is 35.3 Å². The van der Waals surface area contributed by atoms with Crippen molar-refractivity contribution in [2.75, 3.05) is 0 Å². The molecule has 1 amide bonds. The van der Waals surface area contributed by atoms with E-state index in [1.807, 2.05) is 6.07 Å². The van der Waals surface area contributed by atoms with E-state index in [0.717, 1.165) is 0 Å². The molecule has 1 atom stereocenters. The minimum atomic E-state index is -0.516. The number of nitrogens with one attached hydrogen (secondary N) is 2. The predicted molar refractivity (Wildman–Crippen MR) is 74.5 cm³/mol. The molecule has 1 unspecified atom stereocenters. The lowest BCUT2D eigenvalue weighted by molar-refractivity contribution is 0.0954. The van der Waals surface area contributed by atoms with Gasteiger partial charge in [0.05, 0.1) is 6.34 Å². The van der Waals surface area contributed by atoms with Crippen molar-refractivity contribution in [3.05, 3.63) is 35.9 Å². The van der Waals surface area contributed by atoms with E-state index < -0.39 is 6.04 Å². The molecule has 1 aliphatic heterocycles. The molecule has 17 heavy (non-hydrogen) atoms. The van der Waals surface area contributed by atoms with Crippen LogP contribution in [0.2, 0.25) is 0 Å². The van der Waals surface area contributed by atoms with Crippen LogP contribution < -0.4 is 10.6 Å². The number of rotatable bonds is 2. The Bertz CT molecular complexity index is 499. The van der Waals surface area contributed by atoms with Crippen molar-refractivity contribution in [2.24, 2.45) is 4.99 Å². The Balaban J connectivity index is 2.11. The molecule has 2 N–H and O–H groups in total. The van der Waals surface area contributed by atoms with Gasteiger partial charge in [0.25, 0.3) is 5.91 Å². The van der Waals surface area contributed by atoms with E-state index >= 15 is 0 Å². The van der Waals surface area contributed by atoms with Crippen LogP contribution in [-0.2, 0) is 0 Å². The van der Waals surface area contributed by atoms with Crippen LogP contribution >= 0.6 is 24.4 Å². The summed E-state index contributed by atoms with van der Waals surface area (Å²) >= 11 is 10.1. The van der Waals surface area contributed by atoms with Crippen molar-refractivity contribution >= 4 is 46.7 Å². The van der Waals surface area contributed by atoms with Gasteiger partial charge < -0.3 is 10.6 Å². The van der Waals surface area contributed by atoms with Crippen LogP contribution in [-0.4, -0.2) is 28.3 Å². The first-order chi connectivity index (χ1) is 8.18. The largest absolute Gasteiger partial charge is 0.339 e. The zero-order chi connectivity index (χ0) is 12.3. The van der Waals surface area contributed by atoms with Gasteiger partial charge in [-0.25, -0.2) is 4.99 Å². The van der Waals surface area contributed by atoms with Crippen molar-refractivity contribution in [3.8, 4) is 0 Å². The molecule has 0 bridgehead atoms. The molecule has 1 heterocycles. The van der Waals surface area contributed by atoms with Crippen LogP contribution in [0.1, 0.15) is 10.4 Å². The maximum absolute atomic E-state index is 11.9. The van der Waals surface area contributed by atoms with Gasteiger partial charge in [-0.05, 0) is 12.1 Å². The first-order valence-electron chi connectivity index (χ1n) is 4.91. The van der Waals surface area contributed by atoms with E-state index in [9.17, 15) is 4.79 Å². The molecule has 0 saturated heterocycles. The Kier molecular flexibility index (Phi) is 3.55. The van der Waals surface area contributed by atoms with Gasteiger partial charge in [0.2, 0.25) is 0 Å². The van der Waals surface area contributed by atoms with Crippen LogP contribution in [0.5, 0.6) is 0 Å². The summed E-state index contributed by atoms with van der Waals surface area (Å²) in [7, 11) is 0. The van der Waals surface area contributed by atoms with Gasteiger partial charge in [0.1, 0.15) is 16.0 Å². The predicted octanol–water partition coefficient (Wildman–Crippen LogP) is 1.07. The number of amides is 1. The van der Waals surface area contributed by atoms with Gasteiger partial charge in [0.15, 0.2) is 0 Å². The highest BCUT2D eigenvalue weighted by Gasteiger charge is 2.24. The third-order valence-electron chi connectivity index (χ3n) is 2.22. The van der Waals surface area contributed by atoms with E-state index in [0.29, 0.717) is 15.5 Å². The molecule has 0 radical (unpaired) electrons. The quantitative estimate of drug-likeness (QED) is 0.784. The van der Waals surface area contributed by atoms with Gasteiger partial charge in [-0.2, -0.15) is 0 Å². The fourth-order valence-corrected chi connectivity index (χ4v) is 1.89. The Morgan fingerprint density at radius 2 is 2.00 bits per heavy atom. The second-order valence-corrected chi connectivity index (χ2v) is 4.24. The highest BCUT2D eigenvalue weighted by atomic mass is 32.1. The highest BCUT2D eigenvalue weighted by molar-refractivity contribution is 7.82. The number of thiocarbonyl (C=S) groups is 2. The first kappa shape index (κ1) is 11.8. The zero-order valence-corrected chi connectivity index (χ0v) is 10.3. The van der Waals surface area contributed by atoms with Crippen molar-refractivity contribution in [1.82, 2.24) is 10.6 Å². The van der Waals surface area contributed by atoms with E-state index in [1.165, 1.54) is 6.34 Å². The number of aliphatic imine (C=N–C) groups is 1. The Morgan fingerprint density at radius 3 is 2.65 bits per heavy atom. The van der Waals surface area contributed by atoms with Crippen molar-refractivity contribution in [3.63, 3.8) is 0 Å². The number of benzene rings is 1. The number of hydrogen-bond acceptors (Lipinski definition) is 3. The third kappa shape index (κ3) is 2.72. The van der Waals surface area contributed by atoms with Gasteiger partial charge in [0, 0.05) is 5.56 Å². The van der Waals surface area contributed by atoms with Crippen LogP contribution in [0.25, 0.3) is 0 Å². The van der Waals surface area contributed by atoms with Gasteiger partial charge >= 0.3 is 0 Å². The molecule has 0 aromatic heterocycles. The number of hydrogen-bond donors (Lipinski definition) is 2. The average Bonchev–Trinajstić information content (AvgIpc) is 2.35. The molecular formula is C11H9N3OS2. The number of carbonyl (C=O) groups is 1. The topological polar surface area (TPSA) is 53.5 Å².